The van der Waals surface area contributed by atoms with Crippen molar-refractivity contribution in [3.05, 3.63) is 69.9 Å². The van der Waals surface area contributed by atoms with Crippen molar-refractivity contribution in [1.82, 2.24) is 0 Å². The minimum Gasteiger partial charge on any atom is -0.496 e. The van der Waals surface area contributed by atoms with E-state index in [0.717, 1.165) is 56.6 Å². The summed E-state index contributed by atoms with van der Waals surface area (Å²) < 4.78 is 24.8. The van der Waals surface area contributed by atoms with Crippen molar-refractivity contribution in [3.63, 3.8) is 0 Å². The molecule has 3 aromatic rings. The molecule has 0 saturated carbocycles. The molecule has 0 spiro atoms. The molecule has 0 unspecified atom stereocenters. The predicted molar refractivity (Wildman–Crippen MR) is 142 cm³/mol. The van der Waals surface area contributed by atoms with Gasteiger partial charge in [-0.3, -0.25) is 14.4 Å². The Morgan fingerprint density at radius 3 is 2.56 bits per heavy atom. The molecule has 1 aromatic heterocycles. The van der Waals surface area contributed by atoms with Gasteiger partial charge in [-0.25, -0.2) is 0 Å². The van der Waals surface area contributed by atoms with Crippen LogP contribution in [0.4, 0.5) is 0 Å². The fraction of sp³-hybridized carbons (Fsp3) is 0.290. The average Bonchev–Trinajstić information content (AvgIpc) is 3.39. The van der Waals surface area contributed by atoms with E-state index in [1.807, 2.05) is 31.2 Å². The zero-order valence-electron chi connectivity index (χ0n) is 22.3. The van der Waals surface area contributed by atoms with E-state index >= 15 is 0 Å². The predicted octanol–water partition coefficient (Wildman–Crippen LogP) is 3.90. The van der Waals surface area contributed by atoms with Gasteiger partial charge < -0.3 is 18.9 Å². The molecule has 0 N–H and O–H groups in total. The lowest BCUT2D eigenvalue weighted by Gasteiger charge is -2.21. The van der Waals surface area contributed by atoms with E-state index < -0.39 is 5.97 Å². The number of ketones is 2. The van der Waals surface area contributed by atoms with Crippen LogP contribution in [-0.2, 0) is 38.5 Å². The summed E-state index contributed by atoms with van der Waals surface area (Å²) in [4.78, 5) is 38.2. The highest BCUT2D eigenvalue weighted by molar-refractivity contribution is 6.22. The van der Waals surface area contributed by atoms with Crippen LogP contribution in [0.2, 0.25) is 0 Å². The molecule has 0 saturated heterocycles. The van der Waals surface area contributed by atoms with Gasteiger partial charge in [0, 0.05) is 34.1 Å². The Balaban J connectivity index is 1.42. The minimum atomic E-state index is -0.497. The van der Waals surface area contributed by atoms with Gasteiger partial charge in [0.25, 0.3) is 0 Å². The molecule has 3 aliphatic rings. The number of carbonyl (C=O) groups excluding carboxylic acids is 3. The number of hydrogen-bond donors (Lipinski definition) is 0. The van der Waals surface area contributed by atoms with Gasteiger partial charge in [0.05, 0.1) is 24.5 Å². The Kier molecular flexibility index (Phi) is 5.98. The van der Waals surface area contributed by atoms with Gasteiger partial charge >= 0.3 is 5.97 Å². The van der Waals surface area contributed by atoms with Crippen LogP contribution in [0.3, 0.4) is 0 Å². The third-order valence-electron chi connectivity index (χ3n) is 7.84. The SMILES string of the molecule is COc1c(C)ccc2c(CC(=O)OCC3=CC(=O)C(C)=C(C)C3=O)c3[n+](cc12)CCc1cc2c(cc1-3)OCO2. The number of ether oxygens (including phenoxy) is 4. The van der Waals surface area contributed by atoms with E-state index in [4.69, 9.17) is 18.9 Å². The van der Waals surface area contributed by atoms with Gasteiger partial charge in [-0.15, -0.1) is 0 Å². The normalized spacial score (nSPS) is 15.7. The second-order valence-electron chi connectivity index (χ2n) is 10.1. The summed E-state index contributed by atoms with van der Waals surface area (Å²) in [5.41, 5.74) is 5.75. The van der Waals surface area contributed by atoms with Crippen LogP contribution in [0, 0.1) is 6.92 Å². The van der Waals surface area contributed by atoms with Crippen molar-refractivity contribution in [3.8, 4) is 28.5 Å². The number of benzene rings is 2. The number of carbonyl (C=O) groups is 3. The van der Waals surface area contributed by atoms with Gasteiger partial charge in [-0.05, 0) is 50.1 Å². The molecule has 3 heterocycles. The van der Waals surface area contributed by atoms with Crippen molar-refractivity contribution in [1.29, 1.82) is 0 Å². The molecule has 2 aliphatic heterocycles. The van der Waals surface area contributed by atoms with Crippen molar-refractivity contribution in [2.24, 2.45) is 0 Å². The number of Topliss-reactive ketones (excluding diaryl/α,β-unsaturated/α-hetero) is 1. The first kappa shape index (κ1) is 24.9. The number of rotatable bonds is 5. The van der Waals surface area contributed by atoms with Crippen LogP contribution in [0.5, 0.6) is 17.2 Å². The number of aromatic nitrogens is 1. The zero-order valence-corrected chi connectivity index (χ0v) is 22.3. The fourth-order valence-corrected chi connectivity index (χ4v) is 5.61. The lowest BCUT2D eigenvalue weighted by molar-refractivity contribution is -0.686. The smallest absolute Gasteiger partial charge is 0.310 e. The Morgan fingerprint density at radius 1 is 1.03 bits per heavy atom. The molecule has 6 rings (SSSR count). The summed E-state index contributed by atoms with van der Waals surface area (Å²) >= 11 is 0. The van der Waals surface area contributed by atoms with Crippen LogP contribution < -0.4 is 18.8 Å². The molecule has 8 nitrogen and oxygen atoms in total. The van der Waals surface area contributed by atoms with Crippen LogP contribution in [0.15, 0.2) is 53.3 Å². The molecule has 198 valence electrons. The van der Waals surface area contributed by atoms with E-state index in [1.54, 1.807) is 21.0 Å². The zero-order chi connectivity index (χ0) is 27.4. The molecule has 1 aliphatic carbocycles. The Labute approximate surface area is 225 Å². The van der Waals surface area contributed by atoms with Gasteiger partial charge in [-0.2, -0.15) is 4.57 Å². The lowest BCUT2D eigenvalue weighted by Crippen LogP contribution is -2.41. The Bertz CT molecular complexity index is 1680. The Morgan fingerprint density at radius 2 is 1.79 bits per heavy atom. The summed E-state index contributed by atoms with van der Waals surface area (Å²) in [7, 11) is 1.64. The number of allylic oxidation sites excluding steroid dienone is 3. The molecule has 0 fully saturated rings. The highest BCUT2D eigenvalue weighted by Gasteiger charge is 2.33. The highest BCUT2D eigenvalue weighted by atomic mass is 16.7. The summed E-state index contributed by atoms with van der Waals surface area (Å²) in [6.45, 7) is 5.85. The van der Waals surface area contributed by atoms with Crippen molar-refractivity contribution in [2.75, 3.05) is 20.5 Å². The summed E-state index contributed by atoms with van der Waals surface area (Å²) in [6, 6.07) is 7.97. The maximum absolute atomic E-state index is 13.3. The van der Waals surface area contributed by atoms with Crippen molar-refractivity contribution < 1.29 is 37.9 Å². The van der Waals surface area contributed by atoms with Crippen LogP contribution in [0.25, 0.3) is 22.0 Å². The number of esters is 1. The van der Waals surface area contributed by atoms with Gasteiger partial charge in [0.15, 0.2) is 35.8 Å². The molecular formula is C31H28NO7+. The second-order valence-corrected chi connectivity index (χ2v) is 10.1. The number of hydrogen-bond acceptors (Lipinski definition) is 7. The second kappa shape index (κ2) is 9.38. The van der Waals surface area contributed by atoms with E-state index in [-0.39, 0.29) is 37.0 Å². The Hall–Kier alpha value is -4.46. The molecular weight excluding hydrogens is 498 g/mol. The number of methoxy groups -OCH3 is 1. The standard InChI is InChI=1S/C31H28NO7/c1-16-5-6-21-23(12-28(34)37-14-20-9-25(33)17(2)18(3)30(20)35)29-22-11-27-26(38-15-39-27)10-19(22)7-8-32(29)13-24(21)31(16)36-4/h5-6,9-11,13H,7-8,12,14-15H2,1-4H3/q+1. The first-order valence-corrected chi connectivity index (χ1v) is 12.8. The number of fused-ring (bicyclic) bond motifs is 5. The highest BCUT2D eigenvalue weighted by Crippen LogP contribution is 2.42. The van der Waals surface area contributed by atoms with E-state index in [9.17, 15) is 14.4 Å². The third kappa shape index (κ3) is 4.07. The first-order chi connectivity index (χ1) is 18.8. The average molecular weight is 527 g/mol. The fourth-order valence-electron chi connectivity index (χ4n) is 5.61. The molecule has 0 radical (unpaired) electrons. The topological polar surface area (TPSA) is 92.0 Å². The van der Waals surface area contributed by atoms with E-state index in [1.165, 1.54) is 6.08 Å². The van der Waals surface area contributed by atoms with Crippen LogP contribution in [-0.4, -0.2) is 38.0 Å². The molecule has 8 heteroatoms. The number of aryl methyl sites for hydroxylation is 3. The summed E-state index contributed by atoms with van der Waals surface area (Å²) in [6.07, 6.45) is 4.10. The van der Waals surface area contributed by atoms with Gasteiger partial charge in [0.1, 0.15) is 12.4 Å². The quantitative estimate of drug-likeness (QED) is 0.283. The van der Waals surface area contributed by atoms with Crippen LogP contribution >= 0.6 is 0 Å². The van der Waals surface area contributed by atoms with Crippen molar-refractivity contribution >= 4 is 28.3 Å². The molecule has 39 heavy (non-hydrogen) atoms. The minimum absolute atomic E-state index is 0.0317. The van der Waals surface area contributed by atoms with Gasteiger partial charge in [0.2, 0.25) is 12.5 Å². The van der Waals surface area contributed by atoms with Crippen LogP contribution in [0.1, 0.15) is 30.5 Å². The number of nitrogens with zero attached hydrogens (tertiary/aromatic N) is 1. The first-order valence-electron chi connectivity index (χ1n) is 12.8. The summed E-state index contributed by atoms with van der Waals surface area (Å²) in [5.74, 6) is 1.13. The lowest BCUT2D eigenvalue weighted by atomic mass is 9.89. The maximum Gasteiger partial charge on any atom is 0.310 e. The molecule has 0 bridgehead atoms. The molecule has 2 aromatic carbocycles. The molecule has 0 atom stereocenters. The number of pyridine rings is 1. The largest absolute Gasteiger partial charge is 0.496 e. The van der Waals surface area contributed by atoms with Gasteiger partial charge in [-0.1, -0.05) is 12.1 Å². The van der Waals surface area contributed by atoms with E-state index in [2.05, 4.69) is 10.8 Å². The third-order valence-corrected chi connectivity index (χ3v) is 7.84. The maximum atomic E-state index is 13.3. The van der Waals surface area contributed by atoms with E-state index in [0.29, 0.717) is 23.4 Å². The van der Waals surface area contributed by atoms with Crippen molar-refractivity contribution in [2.45, 2.75) is 40.2 Å². The molecule has 0 amide bonds. The summed E-state index contributed by atoms with van der Waals surface area (Å²) in [5, 5.41) is 1.78. The monoisotopic (exact) mass is 526 g/mol.